The Labute approximate surface area is 75.0 Å². The van der Waals surface area contributed by atoms with Crippen LogP contribution in [0.15, 0.2) is 0 Å². The molecule has 0 aliphatic rings. The van der Waals surface area contributed by atoms with Crippen LogP contribution in [0.2, 0.25) is 0 Å². The molecule has 0 aromatic heterocycles. The van der Waals surface area contributed by atoms with Gasteiger partial charge in [0.15, 0.2) is 0 Å². The van der Waals surface area contributed by atoms with Gasteiger partial charge in [0.25, 0.3) is 0 Å². The van der Waals surface area contributed by atoms with E-state index in [4.69, 9.17) is 0 Å². The van der Waals surface area contributed by atoms with Crippen LogP contribution in [0.5, 0.6) is 0 Å². The molecular formula is C10H20O2. The molecular weight excluding hydrogens is 152 g/mol. The molecule has 0 aliphatic heterocycles. The summed E-state index contributed by atoms with van der Waals surface area (Å²) in [5.41, 5.74) is 0. The van der Waals surface area contributed by atoms with E-state index in [0.29, 0.717) is 0 Å². The minimum absolute atomic E-state index is 0.0338. The zero-order valence-corrected chi connectivity index (χ0v) is 8.50. The predicted molar refractivity (Wildman–Crippen MR) is 49.9 cm³/mol. The zero-order chi connectivity index (χ0) is 9.72. The molecule has 0 aromatic carbocycles. The number of hydrogen-bond donors (Lipinski definition) is 1. The van der Waals surface area contributed by atoms with Gasteiger partial charge in [-0.05, 0) is 6.42 Å². The Morgan fingerprint density at radius 2 is 1.83 bits per heavy atom. The van der Waals surface area contributed by atoms with Gasteiger partial charge >= 0.3 is 0 Å². The molecule has 0 amide bonds. The number of carbonyl (C=O) groups excluding carboxylic acids is 1. The number of ketones is 1. The summed E-state index contributed by atoms with van der Waals surface area (Å²) in [6, 6.07) is 0. The van der Waals surface area contributed by atoms with E-state index in [0.717, 1.165) is 12.8 Å². The maximum absolute atomic E-state index is 11.4. The normalized spacial score (nSPS) is 16.2. The molecule has 0 spiro atoms. The standard InChI is InChI=1S/C10H20O2/c1-5-6-9(11)8(4)10(12)7(2)3/h7-9,11H,5-6H2,1-4H3/t8-,9+/m0/s1. The van der Waals surface area contributed by atoms with Crippen molar-refractivity contribution in [3.8, 4) is 0 Å². The highest BCUT2D eigenvalue weighted by atomic mass is 16.3. The second kappa shape index (κ2) is 5.31. The number of aliphatic hydroxyl groups excluding tert-OH is 1. The van der Waals surface area contributed by atoms with Gasteiger partial charge in [0.1, 0.15) is 5.78 Å². The van der Waals surface area contributed by atoms with Gasteiger partial charge in [0, 0.05) is 11.8 Å². The summed E-state index contributed by atoms with van der Waals surface area (Å²) >= 11 is 0. The molecule has 0 rings (SSSR count). The lowest BCUT2D eigenvalue weighted by molar-refractivity contribution is -0.128. The van der Waals surface area contributed by atoms with Crippen molar-refractivity contribution < 1.29 is 9.90 Å². The van der Waals surface area contributed by atoms with Crippen molar-refractivity contribution in [3.05, 3.63) is 0 Å². The fourth-order valence-corrected chi connectivity index (χ4v) is 1.26. The van der Waals surface area contributed by atoms with Crippen LogP contribution in [0.4, 0.5) is 0 Å². The lowest BCUT2D eigenvalue weighted by Gasteiger charge is -2.18. The second-order valence-electron chi connectivity index (χ2n) is 3.70. The smallest absolute Gasteiger partial charge is 0.140 e. The number of rotatable bonds is 5. The largest absolute Gasteiger partial charge is 0.392 e. The molecule has 0 heterocycles. The lowest BCUT2D eigenvalue weighted by Crippen LogP contribution is -2.28. The molecule has 0 radical (unpaired) electrons. The Morgan fingerprint density at radius 1 is 1.33 bits per heavy atom. The maximum atomic E-state index is 11.4. The number of hydrogen-bond acceptors (Lipinski definition) is 2. The van der Waals surface area contributed by atoms with Crippen molar-refractivity contribution in [1.29, 1.82) is 0 Å². The van der Waals surface area contributed by atoms with Gasteiger partial charge < -0.3 is 5.11 Å². The Morgan fingerprint density at radius 3 is 2.17 bits per heavy atom. The highest BCUT2D eigenvalue weighted by Crippen LogP contribution is 2.14. The zero-order valence-electron chi connectivity index (χ0n) is 8.50. The molecule has 0 fully saturated rings. The lowest BCUT2D eigenvalue weighted by atomic mass is 9.90. The van der Waals surface area contributed by atoms with Crippen molar-refractivity contribution in [3.63, 3.8) is 0 Å². The van der Waals surface area contributed by atoms with Crippen LogP contribution in [-0.4, -0.2) is 17.0 Å². The minimum atomic E-state index is -0.454. The van der Waals surface area contributed by atoms with Gasteiger partial charge in [-0.2, -0.15) is 0 Å². The number of carbonyl (C=O) groups is 1. The number of Topliss-reactive ketones (excluding diaryl/α,β-unsaturated/α-hetero) is 1. The first-order valence-electron chi connectivity index (χ1n) is 4.72. The van der Waals surface area contributed by atoms with Crippen LogP contribution in [0.1, 0.15) is 40.5 Å². The van der Waals surface area contributed by atoms with Crippen LogP contribution in [0.25, 0.3) is 0 Å². The Hall–Kier alpha value is -0.370. The van der Waals surface area contributed by atoms with E-state index in [9.17, 15) is 9.90 Å². The van der Waals surface area contributed by atoms with Crippen LogP contribution in [0.3, 0.4) is 0 Å². The Kier molecular flexibility index (Phi) is 5.14. The van der Waals surface area contributed by atoms with Gasteiger partial charge in [0.05, 0.1) is 6.10 Å². The molecule has 72 valence electrons. The summed E-state index contributed by atoms with van der Waals surface area (Å²) < 4.78 is 0. The SMILES string of the molecule is CCC[C@@H](O)[C@H](C)C(=O)C(C)C. The van der Waals surface area contributed by atoms with Gasteiger partial charge in [-0.1, -0.05) is 34.1 Å². The third-order valence-corrected chi connectivity index (χ3v) is 2.18. The summed E-state index contributed by atoms with van der Waals surface area (Å²) in [5, 5.41) is 9.52. The molecule has 0 unspecified atom stereocenters. The van der Waals surface area contributed by atoms with Crippen molar-refractivity contribution in [2.24, 2.45) is 11.8 Å². The topological polar surface area (TPSA) is 37.3 Å². The molecule has 1 N–H and O–H groups in total. The van der Waals surface area contributed by atoms with Crippen LogP contribution < -0.4 is 0 Å². The fraction of sp³-hybridized carbons (Fsp3) is 0.900. The predicted octanol–water partition coefficient (Wildman–Crippen LogP) is 2.01. The highest BCUT2D eigenvalue weighted by Gasteiger charge is 2.22. The maximum Gasteiger partial charge on any atom is 0.140 e. The third kappa shape index (κ3) is 3.35. The second-order valence-corrected chi connectivity index (χ2v) is 3.70. The van der Waals surface area contributed by atoms with Gasteiger partial charge in [0.2, 0.25) is 0 Å². The quantitative estimate of drug-likeness (QED) is 0.688. The summed E-state index contributed by atoms with van der Waals surface area (Å²) in [7, 11) is 0. The van der Waals surface area contributed by atoms with E-state index in [-0.39, 0.29) is 17.6 Å². The first kappa shape index (κ1) is 11.6. The third-order valence-electron chi connectivity index (χ3n) is 2.18. The molecule has 0 aliphatic carbocycles. The summed E-state index contributed by atoms with van der Waals surface area (Å²) in [4.78, 5) is 11.4. The van der Waals surface area contributed by atoms with E-state index in [1.807, 2.05) is 27.7 Å². The van der Waals surface area contributed by atoms with E-state index in [2.05, 4.69) is 0 Å². The summed E-state index contributed by atoms with van der Waals surface area (Å²) in [6.45, 7) is 7.56. The first-order chi connectivity index (χ1) is 5.50. The van der Waals surface area contributed by atoms with E-state index >= 15 is 0 Å². The van der Waals surface area contributed by atoms with Crippen molar-refractivity contribution in [1.82, 2.24) is 0 Å². The van der Waals surface area contributed by atoms with Crippen LogP contribution in [-0.2, 0) is 4.79 Å². The Balaban J connectivity index is 4.00. The van der Waals surface area contributed by atoms with Crippen molar-refractivity contribution in [2.45, 2.75) is 46.6 Å². The molecule has 2 heteroatoms. The van der Waals surface area contributed by atoms with Crippen LogP contribution >= 0.6 is 0 Å². The average Bonchev–Trinajstić information content (AvgIpc) is 2.02. The molecule has 0 saturated carbocycles. The van der Waals surface area contributed by atoms with E-state index in [1.165, 1.54) is 0 Å². The highest BCUT2D eigenvalue weighted by molar-refractivity contribution is 5.82. The molecule has 12 heavy (non-hydrogen) atoms. The Bertz CT molecular complexity index is 141. The van der Waals surface area contributed by atoms with Crippen molar-refractivity contribution in [2.75, 3.05) is 0 Å². The molecule has 0 aromatic rings. The van der Waals surface area contributed by atoms with Gasteiger partial charge in [-0.15, -0.1) is 0 Å². The first-order valence-corrected chi connectivity index (χ1v) is 4.72. The summed E-state index contributed by atoms with van der Waals surface area (Å²) in [6.07, 6.45) is 1.20. The average molecular weight is 172 g/mol. The van der Waals surface area contributed by atoms with Gasteiger partial charge in [-0.3, -0.25) is 4.79 Å². The molecule has 2 nitrogen and oxygen atoms in total. The number of aliphatic hydroxyl groups is 1. The fourth-order valence-electron chi connectivity index (χ4n) is 1.26. The van der Waals surface area contributed by atoms with Gasteiger partial charge in [-0.25, -0.2) is 0 Å². The van der Waals surface area contributed by atoms with E-state index < -0.39 is 6.10 Å². The van der Waals surface area contributed by atoms with E-state index in [1.54, 1.807) is 0 Å². The summed E-state index contributed by atoms with van der Waals surface area (Å²) in [5.74, 6) is -0.00703. The van der Waals surface area contributed by atoms with Crippen LogP contribution in [0, 0.1) is 11.8 Å². The monoisotopic (exact) mass is 172 g/mol. The molecule has 2 atom stereocenters. The molecule has 0 bridgehead atoms. The molecule has 0 saturated heterocycles. The van der Waals surface area contributed by atoms with Crippen molar-refractivity contribution >= 4 is 5.78 Å². The minimum Gasteiger partial charge on any atom is -0.392 e.